The third kappa shape index (κ3) is 2.52. The lowest BCUT2D eigenvalue weighted by Crippen LogP contribution is -2.37. The molecule has 0 atom stereocenters. The lowest BCUT2D eigenvalue weighted by Gasteiger charge is -2.27. The summed E-state index contributed by atoms with van der Waals surface area (Å²) in [5.41, 5.74) is 4.19. The van der Waals surface area contributed by atoms with E-state index in [0.29, 0.717) is 30.0 Å². The van der Waals surface area contributed by atoms with Gasteiger partial charge < -0.3 is 19.0 Å². The van der Waals surface area contributed by atoms with Gasteiger partial charge in [-0.05, 0) is 19.1 Å². The van der Waals surface area contributed by atoms with Gasteiger partial charge in [0.25, 0.3) is 0 Å². The smallest absolute Gasteiger partial charge is 0.196 e. The molecule has 1 aliphatic heterocycles. The first-order valence-electron chi connectivity index (χ1n) is 9.11. The maximum Gasteiger partial charge on any atom is 0.196 e. The van der Waals surface area contributed by atoms with Gasteiger partial charge in [-0.2, -0.15) is 0 Å². The molecule has 0 unspecified atom stereocenters. The lowest BCUT2D eigenvalue weighted by molar-refractivity contribution is 0.122. The number of H-pyrrole nitrogens is 1. The average Bonchev–Trinajstić information content (AvgIpc) is 3.31. The summed E-state index contributed by atoms with van der Waals surface area (Å²) in [5.74, 6) is 1.50. The van der Waals surface area contributed by atoms with E-state index >= 15 is 0 Å². The molecule has 0 spiro atoms. The minimum absolute atomic E-state index is 0.619. The number of anilines is 1. The van der Waals surface area contributed by atoms with Crippen LogP contribution in [0, 0.1) is 0 Å². The van der Waals surface area contributed by atoms with Gasteiger partial charge in [0.2, 0.25) is 0 Å². The molecular formula is C21H20N4O2. The Balaban J connectivity index is 1.83. The second-order valence-corrected chi connectivity index (χ2v) is 6.62. The van der Waals surface area contributed by atoms with Crippen molar-refractivity contribution in [2.24, 2.45) is 0 Å². The number of rotatable bonds is 2. The Labute approximate surface area is 155 Å². The van der Waals surface area contributed by atoms with E-state index in [1.165, 1.54) is 0 Å². The van der Waals surface area contributed by atoms with E-state index in [2.05, 4.69) is 34.7 Å². The number of furan rings is 1. The molecular weight excluding hydrogens is 340 g/mol. The standard InChI is InChI=1S/C21H20N4O2/c1-3-14-13(2)27-19-18(14)23-20(24-21(19)25-9-11-26-12-10-25)16-5-4-6-17-15(16)7-8-22-17/h3-8,22H,2,9-12H2,1H3. The predicted octanol–water partition coefficient (Wildman–Crippen LogP) is 2.42. The Bertz CT molecular complexity index is 1250. The zero-order valence-corrected chi connectivity index (χ0v) is 15.2. The minimum Gasteiger partial charge on any atom is -0.451 e. The maximum absolute atomic E-state index is 5.98. The molecule has 1 fully saturated rings. The largest absolute Gasteiger partial charge is 0.451 e. The average molecular weight is 360 g/mol. The maximum atomic E-state index is 5.98. The highest BCUT2D eigenvalue weighted by Crippen LogP contribution is 2.30. The number of ether oxygens (including phenoxy) is 1. The molecule has 1 N–H and O–H groups in total. The number of nitrogens with zero attached hydrogens (tertiary/aromatic N) is 3. The Kier molecular flexibility index (Phi) is 3.72. The van der Waals surface area contributed by atoms with Crippen LogP contribution in [0.3, 0.4) is 0 Å². The van der Waals surface area contributed by atoms with Crippen molar-refractivity contribution in [3.05, 3.63) is 41.1 Å². The van der Waals surface area contributed by atoms with Crippen molar-refractivity contribution in [1.82, 2.24) is 15.0 Å². The van der Waals surface area contributed by atoms with E-state index in [1.54, 1.807) is 0 Å². The molecule has 0 amide bonds. The van der Waals surface area contributed by atoms with Crippen LogP contribution >= 0.6 is 0 Å². The van der Waals surface area contributed by atoms with Crippen LogP contribution in [0.4, 0.5) is 5.82 Å². The first-order chi connectivity index (χ1) is 13.3. The molecule has 1 aliphatic rings. The van der Waals surface area contributed by atoms with Gasteiger partial charge in [0.1, 0.15) is 10.9 Å². The van der Waals surface area contributed by atoms with Crippen molar-refractivity contribution < 1.29 is 9.15 Å². The molecule has 5 rings (SSSR count). The fraction of sp³-hybridized carbons (Fsp3) is 0.238. The molecule has 6 heteroatoms. The number of fused-ring (bicyclic) bond motifs is 2. The molecule has 6 nitrogen and oxygen atoms in total. The molecule has 0 bridgehead atoms. The van der Waals surface area contributed by atoms with Crippen LogP contribution in [0.1, 0.15) is 6.92 Å². The second kappa shape index (κ2) is 6.25. The van der Waals surface area contributed by atoms with E-state index in [4.69, 9.17) is 19.1 Å². The van der Waals surface area contributed by atoms with Crippen LogP contribution in [-0.4, -0.2) is 41.3 Å². The molecule has 0 aliphatic carbocycles. The third-order valence-corrected chi connectivity index (χ3v) is 5.06. The summed E-state index contributed by atoms with van der Waals surface area (Å²) < 4.78 is 11.5. The predicted molar refractivity (Wildman–Crippen MR) is 107 cm³/mol. The van der Waals surface area contributed by atoms with Crippen LogP contribution in [0.2, 0.25) is 0 Å². The van der Waals surface area contributed by atoms with Gasteiger partial charge >= 0.3 is 0 Å². The fourth-order valence-corrected chi connectivity index (χ4v) is 3.71. The van der Waals surface area contributed by atoms with Crippen LogP contribution in [-0.2, 0) is 4.74 Å². The van der Waals surface area contributed by atoms with E-state index in [1.807, 2.05) is 25.3 Å². The molecule has 0 radical (unpaired) electrons. The highest BCUT2D eigenvalue weighted by Gasteiger charge is 2.22. The van der Waals surface area contributed by atoms with Crippen LogP contribution in [0.25, 0.3) is 46.0 Å². The number of hydrogen-bond donors (Lipinski definition) is 1. The summed E-state index contributed by atoms with van der Waals surface area (Å²) in [6, 6.07) is 8.19. The summed E-state index contributed by atoms with van der Waals surface area (Å²) in [6.45, 7) is 8.93. The highest BCUT2D eigenvalue weighted by molar-refractivity contribution is 5.95. The summed E-state index contributed by atoms with van der Waals surface area (Å²) in [7, 11) is 0. The summed E-state index contributed by atoms with van der Waals surface area (Å²) in [4.78, 5) is 15.3. The third-order valence-electron chi connectivity index (χ3n) is 5.06. The number of benzene rings is 1. The number of nitrogens with one attached hydrogen (secondary N) is 1. The first-order valence-corrected chi connectivity index (χ1v) is 9.11. The summed E-state index contributed by atoms with van der Waals surface area (Å²) in [5, 5.41) is 2.02. The Morgan fingerprint density at radius 2 is 2.04 bits per heavy atom. The molecule has 4 heterocycles. The van der Waals surface area contributed by atoms with Crippen LogP contribution in [0.15, 0.2) is 34.9 Å². The van der Waals surface area contributed by atoms with Gasteiger partial charge in [0.15, 0.2) is 17.2 Å². The number of morpholine rings is 1. The van der Waals surface area contributed by atoms with Gasteiger partial charge in [-0.25, -0.2) is 9.97 Å². The summed E-state index contributed by atoms with van der Waals surface area (Å²) >= 11 is 0. The van der Waals surface area contributed by atoms with Gasteiger partial charge in [-0.1, -0.05) is 24.8 Å². The number of aromatic amines is 1. The van der Waals surface area contributed by atoms with Gasteiger partial charge in [0, 0.05) is 41.0 Å². The topological polar surface area (TPSA) is 67.2 Å². The van der Waals surface area contributed by atoms with E-state index < -0.39 is 0 Å². The molecule has 27 heavy (non-hydrogen) atoms. The summed E-state index contributed by atoms with van der Waals surface area (Å²) in [6.07, 6.45) is 3.93. The second-order valence-electron chi connectivity index (χ2n) is 6.62. The van der Waals surface area contributed by atoms with Crippen molar-refractivity contribution in [3.63, 3.8) is 0 Å². The van der Waals surface area contributed by atoms with Crippen molar-refractivity contribution >= 4 is 40.5 Å². The van der Waals surface area contributed by atoms with Gasteiger partial charge in [0.05, 0.1) is 13.2 Å². The molecule has 1 aromatic carbocycles. The SMILES string of the molecule is C=c1oc2c(N3CCOCC3)nc(-c3cccc4[nH]ccc34)nc2c1=CC. The molecule has 3 aromatic heterocycles. The van der Waals surface area contributed by atoms with E-state index in [-0.39, 0.29) is 0 Å². The van der Waals surface area contributed by atoms with Crippen molar-refractivity contribution in [1.29, 1.82) is 0 Å². The zero-order valence-electron chi connectivity index (χ0n) is 15.2. The van der Waals surface area contributed by atoms with E-state index in [9.17, 15) is 0 Å². The van der Waals surface area contributed by atoms with E-state index in [0.717, 1.165) is 46.1 Å². The van der Waals surface area contributed by atoms with Crippen molar-refractivity contribution in [2.75, 3.05) is 31.2 Å². The molecule has 136 valence electrons. The normalized spacial score (nSPS) is 15.9. The quantitative estimate of drug-likeness (QED) is 0.595. The fourth-order valence-electron chi connectivity index (χ4n) is 3.71. The number of aromatic nitrogens is 3. The van der Waals surface area contributed by atoms with Crippen LogP contribution < -0.4 is 15.5 Å². The Hall–Kier alpha value is -3.12. The lowest BCUT2D eigenvalue weighted by atomic mass is 10.1. The molecule has 0 saturated carbocycles. The monoisotopic (exact) mass is 360 g/mol. The van der Waals surface area contributed by atoms with Gasteiger partial charge in [-0.3, -0.25) is 0 Å². The number of hydrogen-bond acceptors (Lipinski definition) is 5. The molecule has 4 aromatic rings. The van der Waals surface area contributed by atoms with Crippen LogP contribution in [0.5, 0.6) is 0 Å². The Morgan fingerprint density at radius 3 is 2.85 bits per heavy atom. The first kappa shape index (κ1) is 16.1. The molecule has 1 saturated heterocycles. The minimum atomic E-state index is 0.619. The Morgan fingerprint density at radius 1 is 1.19 bits per heavy atom. The highest BCUT2D eigenvalue weighted by atomic mass is 16.5. The van der Waals surface area contributed by atoms with Crippen molar-refractivity contribution in [3.8, 4) is 11.4 Å². The zero-order chi connectivity index (χ0) is 18.4. The van der Waals surface area contributed by atoms with Gasteiger partial charge in [-0.15, -0.1) is 0 Å². The van der Waals surface area contributed by atoms with Crippen molar-refractivity contribution in [2.45, 2.75) is 6.92 Å².